The molecule has 2 fully saturated rings. The average Bonchev–Trinajstić information content (AvgIpc) is 2.63. The first-order valence-corrected chi connectivity index (χ1v) is 9.16. The van der Waals surface area contributed by atoms with Crippen LogP contribution in [0.5, 0.6) is 5.75 Å². The lowest BCUT2D eigenvalue weighted by Crippen LogP contribution is -2.49. The number of nitrogens with one attached hydrogen (secondary N) is 1. The van der Waals surface area contributed by atoms with E-state index in [-0.39, 0.29) is 18.3 Å². The Hall–Kier alpha value is -1.46. The molecule has 0 aromatic heterocycles. The third-order valence-corrected chi connectivity index (χ3v) is 5.49. The van der Waals surface area contributed by atoms with Gasteiger partial charge in [-0.3, -0.25) is 4.79 Å². The summed E-state index contributed by atoms with van der Waals surface area (Å²) < 4.78 is 0. The van der Waals surface area contributed by atoms with Crippen LogP contribution in [0.2, 0.25) is 0 Å². The molecule has 2 atom stereocenters. The number of carbonyl (C=O) groups is 1. The van der Waals surface area contributed by atoms with Crippen molar-refractivity contribution in [3.63, 3.8) is 0 Å². The zero-order valence-corrected chi connectivity index (χ0v) is 15.8. The van der Waals surface area contributed by atoms with Gasteiger partial charge in [0.2, 0.25) is 5.91 Å². The number of halogens is 1. The molecule has 3 rings (SSSR count). The number of aromatic hydroxyl groups is 1. The molecule has 2 heterocycles. The number of para-hydroxylation sites is 2. The summed E-state index contributed by atoms with van der Waals surface area (Å²) in [5.74, 6) is 1.67. The molecular formula is C19H30ClN3O2. The summed E-state index contributed by atoms with van der Waals surface area (Å²) in [4.78, 5) is 16.7. The van der Waals surface area contributed by atoms with Crippen LogP contribution in [-0.2, 0) is 4.79 Å². The number of phenols is 1. The van der Waals surface area contributed by atoms with E-state index in [4.69, 9.17) is 0 Å². The van der Waals surface area contributed by atoms with E-state index in [1.807, 2.05) is 23.1 Å². The van der Waals surface area contributed by atoms with Gasteiger partial charge in [-0.15, -0.1) is 12.4 Å². The molecule has 0 radical (unpaired) electrons. The highest BCUT2D eigenvalue weighted by atomic mass is 35.5. The molecule has 2 N–H and O–H groups in total. The van der Waals surface area contributed by atoms with Crippen molar-refractivity contribution in [3.05, 3.63) is 24.3 Å². The fraction of sp³-hybridized carbons (Fsp3) is 0.632. The molecule has 5 nitrogen and oxygen atoms in total. The molecule has 1 aromatic carbocycles. The van der Waals surface area contributed by atoms with Gasteiger partial charge in [-0.1, -0.05) is 19.1 Å². The summed E-state index contributed by atoms with van der Waals surface area (Å²) in [7, 11) is 0. The quantitative estimate of drug-likeness (QED) is 0.858. The van der Waals surface area contributed by atoms with Gasteiger partial charge in [0.05, 0.1) is 5.69 Å². The Balaban J connectivity index is 0.00000225. The van der Waals surface area contributed by atoms with E-state index in [0.717, 1.165) is 45.0 Å². The van der Waals surface area contributed by atoms with Crippen LogP contribution < -0.4 is 10.2 Å². The second-order valence-electron chi connectivity index (χ2n) is 7.14. The van der Waals surface area contributed by atoms with Gasteiger partial charge in [0.25, 0.3) is 0 Å². The van der Waals surface area contributed by atoms with Gasteiger partial charge in [0, 0.05) is 32.6 Å². The third-order valence-electron chi connectivity index (χ3n) is 5.49. The van der Waals surface area contributed by atoms with Crippen molar-refractivity contribution in [2.45, 2.75) is 26.2 Å². The Bertz CT molecular complexity index is 555. The average molecular weight is 368 g/mol. The number of amides is 1. The molecule has 2 aliphatic heterocycles. The van der Waals surface area contributed by atoms with Crippen LogP contribution in [0, 0.1) is 11.8 Å². The minimum absolute atomic E-state index is 0. The van der Waals surface area contributed by atoms with Crippen LogP contribution in [0.3, 0.4) is 0 Å². The van der Waals surface area contributed by atoms with Gasteiger partial charge in [-0.25, -0.2) is 0 Å². The molecule has 0 bridgehead atoms. The summed E-state index contributed by atoms with van der Waals surface area (Å²) in [6.07, 6.45) is 3.12. The number of piperazine rings is 1. The summed E-state index contributed by atoms with van der Waals surface area (Å²) in [6.45, 7) is 7.42. The molecule has 2 saturated heterocycles. The van der Waals surface area contributed by atoms with Crippen LogP contribution >= 0.6 is 12.4 Å². The fourth-order valence-electron chi connectivity index (χ4n) is 3.86. The van der Waals surface area contributed by atoms with E-state index in [0.29, 0.717) is 24.0 Å². The van der Waals surface area contributed by atoms with E-state index in [1.165, 1.54) is 12.8 Å². The van der Waals surface area contributed by atoms with Gasteiger partial charge in [-0.05, 0) is 49.9 Å². The monoisotopic (exact) mass is 367 g/mol. The molecule has 6 heteroatoms. The van der Waals surface area contributed by atoms with Gasteiger partial charge in [-0.2, -0.15) is 0 Å². The maximum atomic E-state index is 12.6. The molecule has 0 aliphatic carbocycles. The number of hydrogen-bond acceptors (Lipinski definition) is 4. The second kappa shape index (κ2) is 9.30. The Morgan fingerprint density at radius 2 is 2.00 bits per heavy atom. The summed E-state index contributed by atoms with van der Waals surface area (Å²) in [6, 6.07) is 7.42. The predicted molar refractivity (Wildman–Crippen MR) is 104 cm³/mol. The molecule has 1 amide bonds. The zero-order valence-electron chi connectivity index (χ0n) is 15.0. The molecule has 1 aromatic rings. The van der Waals surface area contributed by atoms with Crippen molar-refractivity contribution in [1.82, 2.24) is 10.2 Å². The Kier molecular flexibility index (Phi) is 7.38. The highest BCUT2D eigenvalue weighted by molar-refractivity contribution is 5.85. The highest BCUT2D eigenvalue weighted by Gasteiger charge is 2.26. The topological polar surface area (TPSA) is 55.8 Å². The van der Waals surface area contributed by atoms with Crippen LogP contribution in [0.25, 0.3) is 0 Å². The third kappa shape index (κ3) is 5.02. The van der Waals surface area contributed by atoms with Crippen molar-refractivity contribution in [2.75, 3.05) is 44.2 Å². The predicted octanol–water partition coefficient (Wildman–Crippen LogP) is 2.49. The van der Waals surface area contributed by atoms with Crippen molar-refractivity contribution < 1.29 is 9.90 Å². The molecule has 25 heavy (non-hydrogen) atoms. The summed E-state index contributed by atoms with van der Waals surface area (Å²) >= 11 is 0. The van der Waals surface area contributed by atoms with Crippen molar-refractivity contribution in [1.29, 1.82) is 0 Å². The van der Waals surface area contributed by atoms with Crippen molar-refractivity contribution >= 4 is 24.0 Å². The highest BCUT2D eigenvalue weighted by Crippen LogP contribution is 2.28. The van der Waals surface area contributed by atoms with E-state index >= 15 is 0 Å². The van der Waals surface area contributed by atoms with Gasteiger partial charge < -0.3 is 20.2 Å². The molecular weight excluding hydrogens is 338 g/mol. The fourth-order valence-corrected chi connectivity index (χ4v) is 3.86. The minimum Gasteiger partial charge on any atom is -0.506 e. The molecule has 2 unspecified atom stereocenters. The molecule has 0 spiro atoms. The van der Waals surface area contributed by atoms with E-state index in [9.17, 15) is 9.90 Å². The van der Waals surface area contributed by atoms with Gasteiger partial charge in [0.1, 0.15) is 5.75 Å². The first kappa shape index (κ1) is 19.9. The number of piperidine rings is 1. The number of phenolic OH excluding ortho intramolecular Hbond substituents is 1. The summed E-state index contributed by atoms with van der Waals surface area (Å²) in [5.41, 5.74) is 0.867. The van der Waals surface area contributed by atoms with Crippen LogP contribution in [0.15, 0.2) is 24.3 Å². The molecule has 2 aliphatic rings. The normalized spacial score (nSPS) is 22.2. The lowest BCUT2D eigenvalue weighted by molar-refractivity contribution is -0.132. The SMILES string of the molecule is CC(CC(=O)N1CCN(c2ccccc2O)CC1)C1CCCNC1.Cl. The second-order valence-corrected chi connectivity index (χ2v) is 7.14. The number of carbonyl (C=O) groups excluding carboxylic acids is 1. The smallest absolute Gasteiger partial charge is 0.222 e. The van der Waals surface area contributed by atoms with Gasteiger partial charge >= 0.3 is 0 Å². The Morgan fingerprint density at radius 1 is 1.28 bits per heavy atom. The zero-order chi connectivity index (χ0) is 16.9. The first-order chi connectivity index (χ1) is 11.6. The number of rotatable bonds is 4. The number of anilines is 1. The number of hydrogen-bond donors (Lipinski definition) is 2. The van der Waals surface area contributed by atoms with Gasteiger partial charge in [0.15, 0.2) is 0 Å². The minimum atomic E-state index is 0. The van der Waals surface area contributed by atoms with E-state index in [2.05, 4.69) is 17.1 Å². The summed E-state index contributed by atoms with van der Waals surface area (Å²) in [5, 5.41) is 13.4. The molecule has 140 valence electrons. The van der Waals surface area contributed by atoms with Crippen molar-refractivity contribution in [3.8, 4) is 5.75 Å². The Labute approximate surface area is 156 Å². The maximum Gasteiger partial charge on any atom is 0.222 e. The lowest BCUT2D eigenvalue weighted by Gasteiger charge is -2.37. The van der Waals surface area contributed by atoms with E-state index in [1.54, 1.807) is 6.07 Å². The largest absolute Gasteiger partial charge is 0.506 e. The van der Waals surface area contributed by atoms with Crippen LogP contribution in [0.4, 0.5) is 5.69 Å². The number of benzene rings is 1. The number of nitrogens with zero attached hydrogens (tertiary/aromatic N) is 2. The van der Waals surface area contributed by atoms with Crippen LogP contribution in [0.1, 0.15) is 26.2 Å². The molecule has 0 saturated carbocycles. The standard InChI is InChI=1S/C19H29N3O2.ClH/c1-15(16-5-4-8-20-14-16)13-19(24)22-11-9-21(10-12-22)17-6-2-3-7-18(17)23;/h2-3,6-7,15-16,20,23H,4-5,8-14H2,1H3;1H. The lowest BCUT2D eigenvalue weighted by atomic mass is 9.85. The first-order valence-electron chi connectivity index (χ1n) is 9.16. The Morgan fingerprint density at radius 3 is 2.64 bits per heavy atom. The van der Waals surface area contributed by atoms with E-state index < -0.39 is 0 Å². The van der Waals surface area contributed by atoms with Crippen LogP contribution in [-0.4, -0.2) is 55.2 Å². The van der Waals surface area contributed by atoms with Crippen molar-refractivity contribution in [2.24, 2.45) is 11.8 Å². The maximum absolute atomic E-state index is 12.6.